The highest BCUT2D eigenvalue weighted by atomic mass is 31.2. The molecular formula is C49H90NO8P. The van der Waals surface area contributed by atoms with Crippen LogP contribution < -0.4 is 5.32 Å². The summed E-state index contributed by atoms with van der Waals surface area (Å²) in [7, 11) is -4.43. The minimum absolute atomic E-state index is 0.0589. The minimum atomic E-state index is -4.43. The summed E-state index contributed by atoms with van der Waals surface area (Å²) < 4.78 is 26.9. The summed E-state index contributed by atoms with van der Waals surface area (Å²) in [4.78, 5) is 34.0. The van der Waals surface area contributed by atoms with Crippen molar-refractivity contribution in [1.82, 2.24) is 5.32 Å². The van der Waals surface area contributed by atoms with Gasteiger partial charge in [0.2, 0.25) is 5.91 Å². The van der Waals surface area contributed by atoms with Crippen LogP contribution in [0, 0.1) is 0 Å². The van der Waals surface area contributed by atoms with Crippen LogP contribution in [0.3, 0.4) is 0 Å². The van der Waals surface area contributed by atoms with Crippen molar-refractivity contribution in [3.8, 4) is 0 Å². The molecule has 59 heavy (non-hydrogen) atoms. The number of ether oxygens (including phenoxy) is 1. The van der Waals surface area contributed by atoms with Crippen molar-refractivity contribution < 1.29 is 37.9 Å². The zero-order chi connectivity index (χ0) is 43.2. The van der Waals surface area contributed by atoms with Crippen LogP contribution in [-0.4, -0.2) is 54.3 Å². The Labute approximate surface area is 362 Å². The van der Waals surface area contributed by atoms with E-state index in [1.807, 2.05) is 0 Å². The maximum absolute atomic E-state index is 12.1. The molecule has 0 aliphatic heterocycles. The second-order valence-corrected chi connectivity index (χ2v) is 17.5. The Hall–Kier alpha value is -2.03. The van der Waals surface area contributed by atoms with Gasteiger partial charge in [0.25, 0.3) is 0 Å². The van der Waals surface area contributed by atoms with Gasteiger partial charge in [-0.1, -0.05) is 204 Å². The van der Waals surface area contributed by atoms with Crippen molar-refractivity contribution in [2.24, 2.45) is 0 Å². The molecule has 0 spiro atoms. The largest absolute Gasteiger partial charge is 0.472 e. The summed E-state index contributed by atoms with van der Waals surface area (Å²) in [6.45, 7) is 3.41. The number of aliphatic hydroxyl groups excluding tert-OH is 1. The van der Waals surface area contributed by atoms with Gasteiger partial charge in [-0.2, -0.15) is 0 Å². The smallest absolute Gasteiger partial charge is 0.463 e. The number of aliphatic hydroxyl groups is 1. The molecule has 344 valence electrons. The molecule has 0 aromatic rings. The Balaban J connectivity index is 3.57. The molecular weight excluding hydrogens is 762 g/mol. The van der Waals surface area contributed by atoms with Crippen molar-refractivity contribution >= 4 is 19.7 Å². The SMILES string of the molecule is CC/C=C\C/C=C\C/C=C\C/C=C\CCCCC(=O)NCCOP(=O)(O)OCC(O)COC(=O)CCCCCCCCCCCCCCCCCCCCCCCCC. The van der Waals surface area contributed by atoms with E-state index >= 15 is 0 Å². The minimum Gasteiger partial charge on any atom is -0.463 e. The number of rotatable bonds is 45. The monoisotopic (exact) mass is 852 g/mol. The van der Waals surface area contributed by atoms with Crippen molar-refractivity contribution in [1.29, 1.82) is 0 Å². The quantitative estimate of drug-likeness (QED) is 0.0239. The summed E-state index contributed by atoms with van der Waals surface area (Å²) in [6, 6.07) is 0. The van der Waals surface area contributed by atoms with Crippen LogP contribution in [0.5, 0.6) is 0 Å². The number of esters is 1. The third-order valence-corrected chi connectivity index (χ3v) is 11.3. The van der Waals surface area contributed by atoms with E-state index in [4.69, 9.17) is 13.8 Å². The van der Waals surface area contributed by atoms with Crippen molar-refractivity contribution in [2.75, 3.05) is 26.4 Å². The molecule has 0 radical (unpaired) electrons. The normalized spacial score (nSPS) is 13.6. The zero-order valence-corrected chi connectivity index (χ0v) is 38.8. The molecule has 2 unspecified atom stereocenters. The summed E-state index contributed by atoms with van der Waals surface area (Å²) in [5.41, 5.74) is 0. The highest BCUT2D eigenvalue weighted by molar-refractivity contribution is 7.47. The first-order valence-electron chi connectivity index (χ1n) is 24.1. The van der Waals surface area contributed by atoms with E-state index in [1.54, 1.807) is 0 Å². The lowest BCUT2D eigenvalue weighted by atomic mass is 10.0. The molecule has 0 aliphatic rings. The van der Waals surface area contributed by atoms with E-state index in [0.717, 1.165) is 64.2 Å². The van der Waals surface area contributed by atoms with Gasteiger partial charge >= 0.3 is 13.8 Å². The van der Waals surface area contributed by atoms with Gasteiger partial charge in [-0.15, -0.1) is 0 Å². The molecule has 0 saturated heterocycles. The third kappa shape index (κ3) is 46.9. The molecule has 0 aliphatic carbocycles. The molecule has 1 amide bonds. The van der Waals surface area contributed by atoms with Crippen LogP contribution in [0.15, 0.2) is 48.6 Å². The number of nitrogens with one attached hydrogen (secondary N) is 1. The Bertz CT molecular complexity index is 1110. The average molecular weight is 852 g/mol. The Morgan fingerprint density at radius 2 is 0.966 bits per heavy atom. The lowest BCUT2D eigenvalue weighted by molar-refractivity contribution is -0.147. The van der Waals surface area contributed by atoms with Gasteiger partial charge in [0.15, 0.2) is 0 Å². The fraction of sp³-hybridized carbons (Fsp3) is 0.796. The molecule has 3 N–H and O–H groups in total. The third-order valence-electron chi connectivity index (χ3n) is 10.3. The maximum Gasteiger partial charge on any atom is 0.472 e. The van der Waals surface area contributed by atoms with Crippen molar-refractivity contribution in [2.45, 2.75) is 225 Å². The molecule has 0 bridgehead atoms. The van der Waals surface area contributed by atoms with E-state index < -0.39 is 26.5 Å². The number of allylic oxidation sites excluding steroid dienone is 8. The van der Waals surface area contributed by atoms with Crippen LogP contribution >= 0.6 is 7.82 Å². The highest BCUT2D eigenvalue weighted by Gasteiger charge is 2.23. The van der Waals surface area contributed by atoms with Crippen LogP contribution in [0.4, 0.5) is 0 Å². The molecule has 0 aromatic carbocycles. The van der Waals surface area contributed by atoms with Crippen molar-refractivity contribution in [3.05, 3.63) is 48.6 Å². The Morgan fingerprint density at radius 3 is 1.44 bits per heavy atom. The fourth-order valence-corrected chi connectivity index (χ4v) is 7.42. The summed E-state index contributed by atoms with van der Waals surface area (Å²) >= 11 is 0. The first-order chi connectivity index (χ1) is 28.8. The number of phosphoric ester groups is 1. The second kappa shape index (κ2) is 45.5. The molecule has 0 rings (SSSR count). The number of hydrogen-bond acceptors (Lipinski definition) is 7. The summed E-state index contributed by atoms with van der Waals surface area (Å²) in [6.07, 6.45) is 53.5. The number of carbonyl (C=O) groups is 2. The first-order valence-corrected chi connectivity index (χ1v) is 25.6. The van der Waals surface area contributed by atoms with E-state index in [0.29, 0.717) is 6.42 Å². The number of carbonyl (C=O) groups excluding carboxylic acids is 2. The molecule has 2 atom stereocenters. The number of unbranched alkanes of at least 4 members (excludes halogenated alkanes) is 24. The standard InChI is InChI=1S/C49H90NO8P/c1-3-5-7-9-11-13-15-17-19-20-21-22-23-24-25-26-28-30-32-34-36-38-40-42-49(53)56-45-47(51)46-58-59(54,55)57-44-43-50-48(52)41-39-37-35-33-31-29-27-18-16-14-12-10-8-6-4-2/h6,8,12,14,18,27,31,33,47,51H,3-5,7,9-11,13,15-17,19-26,28-30,32,34-46H2,1-2H3,(H,50,52)(H,54,55)/b8-6-,14-12-,27-18-,33-31-. The Morgan fingerprint density at radius 1 is 0.542 bits per heavy atom. The fourth-order valence-electron chi connectivity index (χ4n) is 6.67. The van der Waals surface area contributed by atoms with Crippen LogP contribution in [0.2, 0.25) is 0 Å². The van der Waals surface area contributed by atoms with Gasteiger partial charge in [-0.25, -0.2) is 4.57 Å². The average Bonchev–Trinajstić information content (AvgIpc) is 3.22. The Kier molecular flexibility index (Phi) is 43.9. The topological polar surface area (TPSA) is 131 Å². The van der Waals surface area contributed by atoms with E-state index in [9.17, 15) is 24.2 Å². The lowest BCUT2D eigenvalue weighted by Crippen LogP contribution is -2.27. The summed E-state index contributed by atoms with van der Waals surface area (Å²) in [5, 5.41) is 12.7. The zero-order valence-electron chi connectivity index (χ0n) is 37.9. The molecule has 9 nitrogen and oxygen atoms in total. The van der Waals surface area contributed by atoms with E-state index in [1.165, 1.54) is 128 Å². The predicted molar refractivity (Wildman–Crippen MR) is 247 cm³/mol. The maximum atomic E-state index is 12.1. The summed E-state index contributed by atoms with van der Waals surface area (Å²) in [5.74, 6) is -0.554. The van der Waals surface area contributed by atoms with Gasteiger partial charge in [0.1, 0.15) is 12.7 Å². The van der Waals surface area contributed by atoms with Crippen LogP contribution in [0.1, 0.15) is 219 Å². The van der Waals surface area contributed by atoms with E-state index in [-0.39, 0.29) is 32.1 Å². The molecule has 0 fully saturated rings. The van der Waals surface area contributed by atoms with Crippen molar-refractivity contribution in [3.63, 3.8) is 0 Å². The van der Waals surface area contributed by atoms with E-state index in [2.05, 4.69) is 67.8 Å². The predicted octanol–water partition coefficient (Wildman–Crippen LogP) is 13.9. The molecule has 0 heterocycles. The van der Waals surface area contributed by atoms with Crippen LogP contribution in [-0.2, 0) is 27.9 Å². The van der Waals surface area contributed by atoms with Gasteiger partial charge in [0.05, 0.1) is 13.2 Å². The lowest BCUT2D eigenvalue weighted by Gasteiger charge is -2.15. The highest BCUT2D eigenvalue weighted by Crippen LogP contribution is 2.42. The number of amides is 1. The first kappa shape index (κ1) is 57.0. The molecule has 0 aromatic heterocycles. The van der Waals surface area contributed by atoms with Crippen LogP contribution in [0.25, 0.3) is 0 Å². The van der Waals surface area contributed by atoms with Gasteiger partial charge in [-0.3, -0.25) is 18.6 Å². The van der Waals surface area contributed by atoms with Gasteiger partial charge < -0.3 is 20.1 Å². The second-order valence-electron chi connectivity index (χ2n) is 16.1. The number of hydrogen-bond donors (Lipinski definition) is 3. The molecule has 0 saturated carbocycles. The van der Waals surface area contributed by atoms with Gasteiger partial charge in [0, 0.05) is 19.4 Å². The van der Waals surface area contributed by atoms with Gasteiger partial charge in [-0.05, 0) is 51.4 Å². The number of phosphoric acid groups is 1. The molecule has 10 heteroatoms.